The van der Waals surface area contributed by atoms with Crippen LogP contribution >= 0.6 is 0 Å². The summed E-state index contributed by atoms with van der Waals surface area (Å²) < 4.78 is 16.1. The number of nitrogens with one attached hydrogen (secondary N) is 1. The zero-order valence-corrected chi connectivity index (χ0v) is 21.1. The van der Waals surface area contributed by atoms with Crippen LogP contribution < -0.4 is 15.0 Å². The molecule has 3 aromatic rings. The number of anilines is 1. The van der Waals surface area contributed by atoms with E-state index in [1.54, 1.807) is 67.6 Å². The molecule has 4 rings (SSSR count). The summed E-state index contributed by atoms with van der Waals surface area (Å²) in [4.78, 5) is 41.2. The first kappa shape index (κ1) is 26.0. The molecule has 1 heterocycles. The first-order valence-electron chi connectivity index (χ1n) is 12.7. The maximum absolute atomic E-state index is 13.8. The van der Waals surface area contributed by atoms with E-state index in [2.05, 4.69) is 5.32 Å². The highest BCUT2D eigenvalue weighted by Gasteiger charge is 2.36. The van der Waals surface area contributed by atoms with Crippen molar-refractivity contribution in [3.05, 3.63) is 83.8 Å². The number of hydrogen-bond acceptors (Lipinski definition) is 6. The van der Waals surface area contributed by atoms with Crippen molar-refractivity contribution in [3.8, 4) is 5.75 Å². The Labute approximate surface area is 216 Å². The van der Waals surface area contributed by atoms with Gasteiger partial charge in [0.15, 0.2) is 5.76 Å². The molecule has 1 aromatic heterocycles. The Morgan fingerprint density at radius 3 is 2.27 bits per heavy atom. The summed E-state index contributed by atoms with van der Waals surface area (Å²) in [6.07, 6.45) is 5.34. The predicted molar refractivity (Wildman–Crippen MR) is 139 cm³/mol. The van der Waals surface area contributed by atoms with Crippen molar-refractivity contribution in [2.45, 2.75) is 51.6 Å². The highest BCUT2D eigenvalue weighted by atomic mass is 16.5. The monoisotopic (exact) mass is 504 g/mol. The molecule has 1 N–H and O–H groups in total. The Balaban J connectivity index is 1.77. The molecule has 1 aliphatic rings. The molecule has 8 heteroatoms. The smallest absolute Gasteiger partial charge is 0.338 e. The van der Waals surface area contributed by atoms with Gasteiger partial charge in [0, 0.05) is 11.7 Å². The Morgan fingerprint density at radius 2 is 1.68 bits per heavy atom. The lowest BCUT2D eigenvalue weighted by Crippen LogP contribution is -2.46. The number of furan rings is 1. The van der Waals surface area contributed by atoms with E-state index in [-0.39, 0.29) is 24.3 Å². The molecule has 1 fully saturated rings. The van der Waals surface area contributed by atoms with Gasteiger partial charge >= 0.3 is 5.97 Å². The van der Waals surface area contributed by atoms with Gasteiger partial charge in [-0.25, -0.2) is 4.79 Å². The molecule has 0 aliphatic heterocycles. The van der Waals surface area contributed by atoms with Crippen LogP contribution in [0.4, 0.5) is 5.69 Å². The Hall–Kier alpha value is -4.07. The normalized spacial score (nSPS) is 14.1. The number of rotatable bonds is 10. The molecule has 37 heavy (non-hydrogen) atoms. The van der Waals surface area contributed by atoms with Crippen LogP contribution in [0.2, 0.25) is 0 Å². The third-order valence-electron chi connectivity index (χ3n) is 6.32. The highest BCUT2D eigenvalue weighted by Crippen LogP contribution is 2.32. The van der Waals surface area contributed by atoms with E-state index in [0.29, 0.717) is 29.2 Å². The number of carbonyl (C=O) groups is 3. The Morgan fingerprint density at radius 1 is 0.973 bits per heavy atom. The summed E-state index contributed by atoms with van der Waals surface area (Å²) in [5.74, 6) is -0.456. The molecule has 1 aliphatic carbocycles. The fourth-order valence-electron chi connectivity index (χ4n) is 4.56. The van der Waals surface area contributed by atoms with Gasteiger partial charge in [0.2, 0.25) is 5.91 Å². The number of nitrogens with zero attached hydrogens (tertiary/aromatic N) is 1. The Kier molecular flexibility index (Phi) is 8.61. The molecule has 1 saturated carbocycles. The minimum absolute atomic E-state index is 0.0597. The van der Waals surface area contributed by atoms with E-state index in [1.807, 2.05) is 6.92 Å². The van der Waals surface area contributed by atoms with Gasteiger partial charge in [0.1, 0.15) is 11.8 Å². The Bertz CT molecular complexity index is 1180. The maximum Gasteiger partial charge on any atom is 0.338 e. The second kappa shape index (κ2) is 12.3. The molecule has 0 saturated heterocycles. The van der Waals surface area contributed by atoms with Gasteiger partial charge in [-0.05, 0) is 80.8 Å². The summed E-state index contributed by atoms with van der Waals surface area (Å²) in [5.41, 5.74) is 1.41. The van der Waals surface area contributed by atoms with Crippen LogP contribution in [-0.2, 0) is 9.53 Å². The summed E-state index contributed by atoms with van der Waals surface area (Å²) in [5, 5.41) is 3.15. The summed E-state index contributed by atoms with van der Waals surface area (Å²) in [7, 11) is 0. The standard InChI is InChI=1S/C29H32N2O6/c1-3-35-24-17-13-20(14-18-24)26(27(32)30-22-8-5-6-9-22)31(28(33)25-10-7-19-37-25)23-15-11-21(12-16-23)29(34)36-4-2/h7,10-19,22,26H,3-6,8-9H2,1-2H3,(H,30,32)/t26-/m1/s1. The summed E-state index contributed by atoms with van der Waals surface area (Å²) >= 11 is 0. The van der Waals surface area contributed by atoms with Gasteiger partial charge in [-0.15, -0.1) is 0 Å². The van der Waals surface area contributed by atoms with E-state index in [4.69, 9.17) is 13.9 Å². The second-order valence-electron chi connectivity index (χ2n) is 8.81. The average Bonchev–Trinajstić information content (AvgIpc) is 3.63. The molecule has 2 amide bonds. The molecule has 194 valence electrons. The van der Waals surface area contributed by atoms with Crippen molar-refractivity contribution in [1.29, 1.82) is 0 Å². The van der Waals surface area contributed by atoms with Crippen molar-refractivity contribution in [1.82, 2.24) is 5.32 Å². The molecular weight excluding hydrogens is 472 g/mol. The fourth-order valence-corrected chi connectivity index (χ4v) is 4.56. The van der Waals surface area contributed by atoms with Gasteiger partial charge in [0.25, 0.3) is 5.91 Å². The molecular formula is C29H32N2O6. The molecule has 0 bridgehead atoms. The molecule has 0 spiro atoms. The van der Waals surface area contributed by atoms with Crippen molar-refractivity contribution >= 4 is 23.5 Å². The third-order valence-corrected chi connectivity index (χ3v) is 6.32. The number of hydrogen-bond donors (Lipinski definition) is 1. The zero-order chi connectivity index (χ0) is 26.2. The van der Waals surface area contributed by atoms with Crippen LogP contribution in [0, 0.1) is 0 Å². The van der Waals surface area contributed by atoms with Crippen molar-refractivity contribution in [2.75, 3.05) is 18.1 Å². The molecule has 0 radical (unpaired) electrons. The minimum atomic E-state index is -0.984. The lowest BCUT2D eigenvalue weighted by atomic mass is 10.0. The minimum Gasteiger partial charge on any atom is -0.494 e. The lowest BCUT2D eigenvalue weighted by molar-refractivity contribution is -0.123. The summed E-state index contributed by atoms with van der Waals surface area (Å²) in [6.45, 7) is 4.40. The van der Waals surface area contributed by atoms with Crippen molar-refractivity contribution in [2.24, 2.45) is 0 Å². The number of carbonyl (C=O) groups excluding carboxylic acids is 3. The third kappa shape index (κ3) is 6.20. The second-order valence-corrected chi connectivity index (χ2v) is 8.81. The van der Waals surface area contributed by atoms with Crippen LogP contribution in [0.25, 0.3) is 0 Å². The van der Waals surface area contributed by atoms with E-state index < -0.39 is 17.9 Å². The largest absolute Gasteiger partial charge is 0.494 e. The zero-order valence-electron chi connectivity index (χ0n) is 21.1. The van der Waals surface area contributed by atoms with Gasteiger partial charge in [0.05, 0.1) is 25.0 Å². The van der Waals surface area contributed by atoms with E-state index in [9.17, 15) is 14.4 Å². The van der Waals surface area contributed by atoms with Crippen molar-refractivity contribution in [3.63, 3.8) is 0 Å². The molecule has 2 aromatic carbocycles. The average molecular weight is 505 g/mol. The molecule has 1 atom stereocenters. The fraction of sp³-hybridized carbons (Fsp3) is 0.345. The number of ether oxygens (including phenoxy) is 2. The quantitative estimate of drug-likeness (QED) is 0.376. The van der Waals surface area contributed by atoms with Crippen LogP contribution in [0.5, 0.6) is 5.75 Å². The van der Waals surface area contributed by atoms with Gasteiger partial charge < -0.3 is 19.2 Å². The lowest BCUT2D eigenvalue weighted by Gasteiger charge is -2.32. The van der Waals surface area contributed by atoms with Crippen LogP contribution in [0.15, 0.2) is 71.3 Å². The van der Waals surface area contributed by atoms with Gasteiger partial charge in [-0.3, -0.25) is 14.5 Å². The highest BCUT2D eigenvalue weighted by molar-refractivity contribution is 6.09. The van der Waals surface area contributed by atoms with E-state index in [1.165, 1.54) is 11.2 Å². The van der Waals surface area contributed by atoms with Gasteiger partial charge in [-0.2, -0.15) is 0 Å². The van der Waals surface area contributed by atoms with Crippen LogP contribution in [0.3, 0.4) is 0 Å². The molecule has 8 nitrogen and oxygen atoms in total. The van der Waals surface area contributed by atoms with E-state index >= 15 is 0 Å². The van der Waals surface area contributed by atoms with Crippen LogP contribution in [0.1, 0.15) is 72.0 Å². The first-order chi connectivity index (χ1) is 18.0. The number of esters is 1. The SMILES string of the molecule is CCOC(=O)c1ccc(N(C(=O)c2ccco2)[C@@H](C(=O)NC2CCCC2)c2ccc(OCC)cc2)cc1. The predicted octanol–water partition coefficient (Wildman–Crippen LogP) is 5.30. The first-order valence-corrected chi connectivity index (χ1v) is 12.7. The summed E-state index contributed by atoms with van der Waals surface area (Å²) in [6, 6.07) is 15.9. The van der Waals surface area contributed by atoms with Crippen LogP contribution in [-0.4, -0.2) is 37.0 Å². The topological polar surface area (TPSA) is 98.1 Å². The van der Waals surface area contributed by atoms with E-state index in [0.717, 1.165) is 25.7 Å². The molecule has 0 unspecified atom stereocenters. The number of benzene rings is 2. The van der Waals surface area contributed by atoms with Crippen molar-refractivity contribution < 1.29 is 28.3 Å². The van der Waals surface area contributed by atoms with Gasteiger partial charge in [-0.1, -0.05) is 25.0 Å². The maximum atomic E-state index is 13.8. The number of amides is 2.